The van der Waals surface area contributed by atoms with Gasteiger partial charge in [0.15, 0.2) is 18.9 Å². The first-order chi connectivity index (χ1) is 43.8. The van der Waals surface area contributed by atoms with Gasteiger partial charge in [-0.2, -0.15) is 0 Å². The van der Waals surface area contributed by atoms with E-state index in [-0.39, 0.29) is 18.9 Å². The van der Waals surface area contributed by atoms with Gasteiger partial charge in [-0.1, -0.05) is 262 Å². The van der Waals surface area contributed by atoms with Gasteiger partial charge in [-0.15, -0.1) is 0 Å². The van der Waals surface area contributed by atoms with Gasteiger partial charge < -0.3 is 89.9 Å². The van der Waals surface area contributed by atoms with Gasteiger partial charge in [0.1, 0.15) is 73.2 Å². The molecule has 0 aromatic carbocycles. The van der Waals surface area contributed by atoms with Gasteiger partial charge >= 0.3 is 0 Å². The third kappa shape index (κ3) is 34.6. The molecule has 0 radical (unpaired) electrons. The number of hydrogen-bond acceptors (Lipinski definition) is 18. The Bertz CT molecular complexity index is 1780. The molecule has 0 saturated carbocycles. The summed E-state index contributed by atoms with van der Waals surface area (Å²) < 4.78 is 34.3. The van der Waals surface area contributed by atoms with Crippen LogP contribution >= 0.6 is 0 Å². The zero-order valence-electron chi connectivity index (χ0n) is 55.9. The minimum Gasteiger partial charge on any atom is -0.394 e. The monoisotopic (exact) mass is 1290 g/mol. The Morgan fingerprint density at radius 1 is 0.389 bits per heavy atom. The van der Waals surface area contributed by atoms with E-state index in [1.807, 2.05) is 6.08 Å². The number of carbonyl (C=O) groups is 1. The average molecular weight is 1290 g/mol. The van der Waals surface area contributed by atoms with Crippen LogP contribution in [-0.4, -0.2) is 193 Å². The van der Waals surface area contributed by atoms with Crippen molar-refractivity contribution in [3.8, 4) is 0 Å². The largest absolute Gasteiger partial charge is 0.394 e. The number of carbonyl (C=O) groups excluding carboxylic acids is 1. The lowest BCUT2D eigenvalue weighted by atomic mass is 9.96. The van der Waals surface area contributed by atoms with Gasteiger partial charge in [-0.25, -0.2) is 0 Å². The van der Waals surface area contributed by atoms with Crippen LogP contribution in [0.25, 0.3) is 0 Å². The van der Waals surface area contributed by atoms with Gasteiger partial charge in [0.2, 0.25) is 5.91 Å². The summed E-state index contributed by atoms with van der Waals surface area (Å²) in [5, 5.41) is 121. The van der Waals surface area contributed by atoms with Crippen LogP contribution in [0.1, 0.15) is 277 Å². The van der Waals surface area contributed by atoms with Crippen LogP contribution in [0, 0.1) is 0 Å². The molecule has 3 saturated heterocycles. The Labute approximate surface area is 542 Å². The second-order valence-corrected chi connectivity index (χ2v) is 26.0. The molecule has 17 unspecified atom stereocenters. The van der Waals surface area contributed by atoms with E-state index in [2.05, 4.69) is 43.5 Å². The smallest absolute Gasteiger partial charge is 0.220 e. The Kier molecular flexibility index (Phi) is 48.6. The fourth-order valence-electron chi connectivity index (χ4n) is 12.3. The lowest BCUT2D eigenvalue weighted by Gasteiger charge is -2.48. The van der Waals surface area contributed by atoms with Gasteiger partial charge in [-0.3, -0.25) is 4.79 Å². The molecule has 0 aromatic rings. The minimum absolute atomic E-state index is 0.236. The molecule has 19 heteroatoms. The molecule has 19 nitrogen and oxygen atoms in total. The normalized spacial score (nSPS) is 28.2. The molecule has 12 N–H and O–H groups in total. The van der Waals surface area contributed by atoms with Crippen LogP contribution in [-0.2, 0) is 33.2 Å². The van der Waals surface area contributed by atoms with E-state index >= 15 is 0 Å². The standard InChI is InChI=1S/C71H131NO18/c1-3-5-7-9-11-13-15-17-19-21-22-23-24-25-26-27-28-29-30-31-33-34-36-38-40-42-44-46-48-55(76)54(72-59(77)49-47-45-43-41-39-37-35-32-20-18-16-14-12-10-8-6-4-2)53-85-69-65(83)62(80)67(57(51-74)87-69)90-71-66(84)63(81)68(58(52-75)88-71)89-70-64(82)61(79)60(78)56(50-73)86-70/h31,33,38,40,46,48,54-58,60-71,73-76,78-84H,3-30,32,34-37,39,41-45,47,49-53H2,1-2H3,(H,72,77)/b33-31+,40-38+,48-46+. The van der Waals surface area contributed by atoms with Crippen LogP contribution in [0.3, 0.4) is 0 Å². The van der Waals surface area contributed by atoms with Crippen molar-refractivity contribution in [2.24, 2.45) is 0 Å². The molecule has 17 atom stereocenters. The van der Waals surface area contributed by atoms with Crippen molar-refractivity contribution in [3.05, 3.63) is 36.5 Å². The van der Waals surface area contributed by atoms with Crippen LogP contribution in [0.15, 0.2) is 36.5 Å². The zero-order chi connectivity index (χ0) is 65.4. The zero-order valence-corrected chi connectivity index (χ0v) is 55.9. The molecular formula is C71H131NO18. The van der Waals surface area contributed by atoms with Crippen molar-refractivity contribution in [2.45, 2.75) is 381 Å². The summed E-state index contributed by atoms with van der Waals surface area (Å²) in [7, 11) is 0. The van der Waals surface area contributed by atoms with Crippen molar-refractivity contribution in [1.29, 1.82) is 0 Å². The first-order valence-electron chi connectivity index (χ1n) is 36.2. The molecule has 0 bridgehead atoms. The highest BCUT2D eigenvalue weighted by Gasteiger charge is 2.53. The number of rotatable bonds is 56. The molecule has 90 heavy (non-hydrogen) atoms. The molecule has 0 spiro atoms. The first kappa shape index (κ1) is 82.2. The fraction of sp³-hybridized carbons (Fsp3) is 0.901. The summed E-state index contributed by atoms with van der Waals surface area (Å²) in [6, 6.07) is -0.994. The Morgan fingerprint density at radius 3 is 1.11 bits per heavy atom. The highest BCUT2D eigenvalue weighted by Crippen LogP contribution is 2.33. The third-order valence-electron chi connectivity index (χ3n) is 18.2. The molecule has 528 valence electrons. The van der Waals surface area contributed by atoms with Crippen LogP contribution in [0.2, 0.25) is 0 Å². The highest BCUT2D eigenvalue weighted by atomic mass is 16.8. The van der Waals surface area contributed by atoms with Crippen molar-refractivity contribution in [3.63, 3.8) is 0 Å². The number of hydrogen-bond donors (Lipinski definition) is 12. The summed E-state index contributed by atoms with van der Waals surface area (Å²) in [5.74, 6) is -0.286. The summed E-state index contributed by atoms with van der Waals surface area (Å²) in [5.41, 5.74) is 0. The van der Waals surface area contributed by atoms with E-state index in [9.17, 15) is 61.0 Å². The van der Waals surface area contributed by atoms with E-state index in [4.69, 9.17) is 28.4 Å². The fourth-order valence-corrected chi connectivity index (χ4v) is 12.3. The van der Waals surface area contributed by atoms with Crippen molar-refractivity contribution < 1.29 is 89.4 Å². The number of aliphatic hydroxyl groups is 11. The van der Waals surface area contributed by atoms with Crippen LogP contribution in [0.5, 0.6) is 0 Å². The van der Waals surface area contributed by atoms with Gasteiger partial charge in [0, 0.05) is 6.42 Å². The van der Waals surface area contributed by atoms with E-state index in [1.54, 1.807) is 6.08 Å². The summed E-state index contributed by atoms with van der Waals surface area (Å²) in [6.07, 6.45) is 35.6. The Morgan fingerprint density at radius 2 is 0.711 bits per heavy atom. The minimum atomic E-state index is -1.98. The molecule has 0 aliphatic carbocycles. The summed E-state index contributed by atoms with van der Waals surface area (Å²) in [6.45, 7) is 1.74. The van der Waals surface area contributed by atoms with Crippen molar-refractivity contribution >= 4 is 5.91 Å². The maximum atomic E-state index is 13.4. The van der Waals surface area contributed by atoms with Gasteiger partial charge in [-0.05, 0) is 44.9 Å². The topological polar surface area (TPSA) is 307 Å². The van der Waals surface area contributed by atoms with E-state index in [1.165, 1.54) is 199 Å². The lowest BCUT2D eigenvalue weighted by Crippen LogP contribution is -2.66. The maximum absolute atomic E-state index is 13.4. The number of unbranched alkanes of at least 4 members (excludes halogenated alkanes) is 36. The Balaban J connectivity index is 1.43. The number of nitrogens with one attached hydrogen (secondary N) is 1. The summed E-state index contributed by atoms with van der Waals surface area (Å²) in [4.78, 5) is 13.4. The predicted octanol–water partition coefficient (Wildman–Crippen LogP) is 10.00. The SMILES string of the molecule is CCCCCCCCCCCCCCCCCCCC/C=C/CC/C=C/CC/C=C/C(O)C(COC1OC(CO)C(OC2OC(CO)C(OC3OC(CO)C(O)C(O)C3O)C(O)C2O)C(O)C1O)NC(=O)CCCCCCCCCCCCCCCCCCC. The number of aliphatic hydroxyl groups excluding tert-OH is 11. The van der Waals surface area contributed by atoms with Crippen LogP contribution < -0.4 is 5.32 Å². The van der Waals surface area contributed by atoms with E-state index in [0.717, 1.165) is 44.9 Å². The molecule has 1 amide bonds. The van der Waals surface area contributed by atoms with Crippen molar-refractivity contribution in [2.75, 3.05) is 26.4 Å². The second kappa shape index (κ2) is 53.2. The molecule has 3 aliphatic rings. The quantitative estimate of drug-likeness (QED) is 0.0199. The van der Waals surface area contributed by atoms with E-state index in [0.29, 0.717) is 12.8 Å². The van der Waals surface area contributed by atoms with Crippen LogP contribution in [0.4, 0.5) is 0 Å². The van der Waals surface area contributed by atoms with Crippen molar-refractivity contribution in [1.82, 2.24) is 5.32 Å². The Hall–Kier alpha value is -1.99. The molecule has 3 aliphatic heterocycles. The number of ether oxygens (including phenoxy) is 6. The third-order valence-corrected chi connectivity index (χ3v) is 18.2. The second-order valence-electron chi connectivity index (χ2n) is 26.0. The van der Waals surface area contributed by atoms with E-state index < -0.39 is 124 Å². The predicted molar refractivity (Wildman–Crippen MR) is 351 cm³/mol. The molecular weight excluding hydrogens is 1150 g/mol. The molecule has 3 rings (SSSR count). The van der Waals surface area contributed by atoms with Gasteiger partial charge in [0.05, 0.1) is 38.6 Å². The average Bonchev–Trinajstić information content (AvgIpc) is 1.05. The number of allylic oxidation sites excluding steroid dienone is 5. The maximum Gasteiger partial charge on any atom is 0.220 e. The highest BCUT2D eigenvalue weighted by molar-refractivity contribution is 5.76. The molecule has 3 fully saturated rings. The number of amides is 1. The molecule has 3 heterocycles. The lowest BCUT2D eigenvalue weighted by molar-refractivity contribution is -0.379. The molecule has 0 aromatic heterocycles. The summed E-state index contributed by atoms with van der Waals surface area (Å²) >= 11 is 0. The van der Waals surface area contributed by atoms with Gasteiger partial charge in [0.25, 0.3) is 0 Å². The first-order valence-corrected chi connectivity index (χ1v) is 36.2.